The van der Waals surface area contributed by atoms with E-state index in [0.717, 1.165) is 29.4 Å². The van der Waals surface area contributed by atoms with Gasteiger partial charge in [0.05, 0.1) is 11.6 Å². The molecule has 2 aromatic rings. The van der Waals surface area contributed by atoms with Crippen molar-refractivity contribution in [3.8, 4) is 12.3 Å². The number of pyridine rings is 1. The topological polar surface area (TPSA) is 34.0 Å². The van der Waals surface area contributed by atoms with E-state index in [0.29, 0.717) is 0 Å². The van der Waals surface area contributed by atoms with Crippen LogP contribution in [0.1, 0.15) is 19.8 Å². The minimum absolute atomic E-state index is 0.0338. The monoisotopic (exact) mass is 254 g/mol. The molecule has 98 valence electrons. The van der Waals surface area contributed by atoms with Crippen molar-refractivity contribution in [2.45, 2.75) is 25.8 Å². The molecule has 0 amide bonds. The van der Waals surface area contributed by atoms with Crippen LogP contribution in [0.15, 0.2) is 35.1 Å². The van der Waals surface area contributed by atoms with Crippen LogP contribution in [-0.4, -0.2) is 10.6 Å². The lowest BCUT2D eigenvalue weighted by molar-refractivity contribution is 0.756. The highest BCUT2D eigenvalue weighted by Gasteiger charge is 2.09. The second-order valence-corrected chi connectivity index (χ2v) is 4.62. The molecule has 0 saturated carbocycles. The Balaban J connectivity index is 2.52. The number of hydrogen-bond acceptors (Lipinski definition) is 2. The summed E-state index contributed by atoms with van der Waals surface area (Å²) in [6.45, 7) is 2.09. The van der Waals surface area contributed by atoms with Gasteiger partial charge in [-0.2, -0.15) is 0 Å². The fourth-order valence-corrected chi connectivity index (χ4v) is 2.20. The van der Waals surface area contributed by atoms with Gasteiger partial charge in [0.25, 0.3) is 5.56 Å². The number of para-hydroxylation sites is 1. The number of nitrogens with one attached hydrogen (secondary N) is 1. The van der Waals surface area contributed by atoms with Crippen molar-refractivity contribution in [1.82, 2.24) is 4.57 Å². The Kier molecular flexibility index (Phi) is 3.91. The van der Waals surface area contributed by atoms with E-state index >= 15 is 0 Å². The van der Waals surface area contributed by atoms with Crippen LogP contribution >= 0.6 is 0 Å². The molecule has 0 bridgehead atoms. The molecular formula is C16H18N2O. The summed E-state index contributed by atoms with van der Waals surface area (Å²) in [4.78, 5) is 12.0. The number of fused-ring (bicyclic) bond motifs is 1. The third kappa shape index (κ3) is 2.63. The molecule has 0 spiro atoms. The Labute approximate surface area is 113 Å². The summed E-state index contributed by atoms with van der Waals surface area (Å²) in [5.74, 6) is 2.73. The first kappa shape index (κ1) is 13.2. The largest absolute Gasteiger partial charge is 0.371 e. The number of hydrogen-bond donors (Lipinski definition) is 1. The van der Waals surface area contributed by atoms with Gasteiger partial charge < -0.3 is 9.88 Å². The van der Waals surface area contributed by atoms with Gasteiger partial charge in [-0.15, -0.1) is 6.42 Å². The van der Waals surface area contributed by atoms with E-state index in [-0.39, 0.29) is 11.6 Å². The van der Waals surface area contributed by atoms with Crippen molar-refractivity contribution in [3.05, 3.63) is 40.7 Å². The molecule has 0 aliphatic carbocycles. The van der Waals surface area contributed by atoms with Crippen LogP contribution in [0.2, 0.25) is 0 Å². The number of benzene rings is 1. The van der Waals surface area contributed by atoms with Gasteiger partial charge in [-0.3, -0.25) is 4.79 Å². The molecule has 2 rings (SSSR count). The van der Waals surface area contributed by atoms with E-state index in [4.69, 9.17) is 6.42 Å². The maximum absolute atomic E-state index is 12.0. The third-order valence-electron chi connectivity index (χ3n) is 3.26. The van der Waals surface area contributed by atoms with Crippen molar-refractivity contribution >= 4 is 16.6 Å². The summed E-state index contributed by atoms with van der Waals surface area (Å²) in [7, 11) is 1.78. The average Bonchev–Trinajstić information content (AvgIpc) is 2.44. The van der Waals surface area contributed by atoms with Crippen molar-refractivity contribution in [2.24, 2.45) is 7.05 Å². The summed E-state index contributed by atoms with van der Waals surface area (Å²) < 4.78 is 1.64. The molecule has 0 aliphatic rings. The number of nitrogens with zero attached hydrogens (tertiary/aromatic N) is 1. The number of rotatable bonds is 4. The number of anilines is 1. The molecule has 1 N–H and O–H groups in total. The maximum atomic E-state index is 12.0. The van der Waals surface area contributed by atoms with Gasteiger partial charge in [-0.1, -0.05) is 37.5 Å². The SMILES string of the molecule is C#CC(CCC)Nc1cc(=O)n(C)c2ccccc12. The average molecular weight is 254 g/mol. The van der Waals surface area contributed by atoms with Gasteiger partial charge in [0.15, 0.2) is 0 Å². The lowest BCUT2D eigenvalue weighted by Crippen LogP contribution is -2.21. The number of aromatic nitrogens is 1. The molecule has 3 heteroatoms. The smallest absolute Gasteiger partial charge is 0.252 e. The zero-order valence-corrected chi connectivity index (χ0v) is 11.3. The zero-order valence-electron chi connectivity index (χ0n) is 11.3. The predicted octanol–water partition coefficient (Wildman–Crippen LogP) is 2.75. The molecule has 1 heterocycles. The van der Waals surface area contributed by atoms with E-state index in [1.165, 1.54) is 0 Å². The highest BCUT2D eigenvalue weighted by atomic mass is 16.1. The summed E-state index contributed by atoms with van der Waals surface area (Å²) in [5, 5.41) is 4.31. The van der Waals surface area contributed by atoms with Crippen LogP contribution in [0.5, 0.6) is 0 Å². The minimum atomic E-state index is -0.0412. The Morgan fingerprint density at radius 2 is 2.16 bits per heavy atom. The summed E-state index contributed by atoms with van der Waals surface area (Å²) in [5.41, 5.74) is 1.69. The first-order valence-corrected chi connectivity index (χ1v) is 6.48. The van der Waals surface area contributed by atoms with Crippen molar-refractivity contribution < 1.29 is 0 Å². The van der Waals surface area contributed by atoms with Crippen molar-refractivity contribution in [3.63, 3.8) is 0 Å². The van der Waals surface area contributed by atoms with E-state index in [1.54, 1.807) is 17.7 Å². The highest BCUT2D eigenvalue weighted by Crippen LogP contribution is 2.21. The second-order valence-electron chi connectivity index (χ2n) is 4.62. The zero-order chi connectivity index (χ0) is 13.8. The predicted molar refractivity (Wildman–Crippen MR) is 80.3 cm³/mol. The maximum Gasteiger partial charge on any atom is 0.252 e. The molecule has 3 nitrogen and oxygen atoms in total. The minimum Gasteiger partial charge on any atom is -0.371 e. The number of terminal acetylenes is 1. The molecule has 0 radical (unpaired) electrons. The number of aryl methyl sites for hydroxylation is 1. The molecule has 1 unspecified atom stereocenters. The molecule has 1 aromatic heterocycles. The quantitative estimate of drug-likeness (QED) is 0.851. The van der Waals surface area contributed by atoms with Gasteiger partial charge in [0, 0.05) is 24.2 Å². The first-order chi connectivity index (χ1) is 9.17. The van der Waals surface area contributed by atoms with E-state index in [2.05, 4.69) is 18.2 Å². The van der Waals surface area contributed by atoms with Gasteiger partial charge >= 0.3 is 0 Å². The molecule has 0 aliphatic heterocycles. The second kappa shape index (κ2) is 5.62. The Morgan fingerprint density at radius 1 is 1.42 bits per heavy atom. The molecule has 1 aromatic carbocycles. The summed E-state index contributed by atoms with van der Waals surface area (Å²) >= 11 is 0. The lowest BCUT2D eigenvalue weighted by atomic mass is 10.1. The van der Waals surface area contributed by atoms with Crippen molar-refractivity contribution in [1.29, 1.82) is 0 Å². The van der Waals surface area contributed by atoms with Gasteiger partial charge in [0.2, 0.25) is 0 Å². The summed E-state index contributed by atoms with van der Waals surface area (Å²) in [6.07, 6.45) is 7.42. The van der Waals surface area contributed by atoms with Crippen LogP contribution in [-0.2, 0) is 7.05 Å². The van der Waals surface area contributed by atoms with Crippen LogP contribution in [0.3, 0.4) is 0 Å². The summed E-state index contributed by atoms with van der Waals surface area (Å²) in [6, 6.07) is 9.39. The normalized spacial score (nSPS) is 12.1. The standard InChI is InChI=1S/C16H18N2O/c1-4-8-12(5-2)17-14-11-16(19)18(3)15-10-7-6-9-13(14)15/h2,6-7,9-12,17H,4,8H2,1,3H3. The van der Waals surface area contributed by atoms with Gasteiger partial charge in [0.1, 0.15) is 0 Å². The van der Waals surface area contributed by atoms with Crippen LogP contribution in [0.25, 0.3) is 10.9 Å². The molecule has 19 heavy (non-hydrogen) atoms. The van der Waals surface area contributed by atoms with Gasteiger partial charge in [-0.05, 0) is 12.5 Å². The fourth-order valence-electron chi connectivity index (χ4n) is 2.20. The van der Waals surface area contributed by atoms with E-state index in [9.17, 15) is 4.79 Å². The van der Waals surface area contributed by atoms with Gasteiger partial charge in [-0.25, -0.2) is 0 Å². The van der Waals surface area contributed by atoms with Crippen LogP contribution < -0.4 is 10.9 Å². The fraction of sp³-hybridized carbons (Fsp3) is 0.312. The molecular weight excluding hydrogens is 236 g/mol. The van der Waals surface area contributed by atoms with Crippen LogP contribution in [0.4, 0.5) is 5.69 Å². The Bertz CT molecular complexity index is 679. The third-order valence-corrected chi connectivity index (χ3v) is 3.26. The molecule has 0 saturated heterocycles. The van der Waals surface area contributed by atoms with E-state index < -0.39 is 0 Å². The van der Waals surface area contributed by atoms with Crippen LogP contribution in [0, 0.1) is 12.3 Å². The Morgan fingerprint density at radius 3 is 2.84 bits per heavy atom. The molecule has 0 fully saturated rings. The highest BCUT2D eigenvalue weighted by molar-refractivity contribution is 5.91. The molecule has 1 atom stereocenters. The van der Waals surface area contributed by atoms with E-state index in [1.807, 2.05) is 24.3 Å². The van der Waals surface area contributed by atoms with Crippen molar-refractivity contribution in [2.75, 3.05) is 5.32 Å². The lowest BCUT2D eigenvalue weighted by Gasteiger charge is -2.16. The first-order valence-electron chi connectivity index (χ1n) is 6.48. The Hall–Kier alpha value is -2.21.